The van der Waals surface area contributed by atoms with Gasteiger partial charge in [-0.1, -0.05) is 26.7 Å². The van der Waals surface area contributed by atoms with Crippen LogP contribution in [0.1, 0.15) is 46.0 Å². The molecule has 0 aliphatic heterocycles. The van der Waals surface area contributed by atoms with Crippen LogP contribution in [0, 0.1) is 5.92 Å². The molecule has 0 amide bonds. The zero-order valence-electron chi connectivity index (χ0n) is 9.16. The number of rotatable bonds is 4. The highest BCUT2D eigenvalue weighted by Gasteiger charge is 2.29. The number of aliphatic hydroxyl groups excluding tert-OH is 1. The summed E-state index contributed by atoms with van der Waals surface area (Å²) in [5.41, 5.74) is 0. The second-order valence-corrected chi connectivity index (χ2v) is 4.41. The first-order chi connectivity index (χ1) is 6.16. The maximum Gasteiger partial charge on any atom is 0.107 e. The lowest BCUT2D eigenvalue weighted by Gasteiger charge is -2.32. The van der Waals surface area contributed by atoms with Crippen molar-refractivity contribution < 1.29 is 5.11 Å². The number of hydrogen-bond acceptors (Lipinski definition) is 2. The zero-order chi connectivity index (χ0) is 9.84. The molecule has 13 heavy (non-hydrogen) atoms. The fourth-order valence-electron chi connectivity index (χ4n) is 2.41. The molecule has 0 spiro atoms. The van der Waals surface area contributed by atoms with Crippen molar-refractivity contribution in [1.29, 1.82) is 0 Å². The highest BCUT2D eigenvalue weighted by Crippen LogP contribution is 2.29. The van der Waals surface area contributed by atoms with E-state index in [4.69, 9.17) is 0 Å². The van der Waals surface area contributed by atoms with E-state index in [1.165, 1.54) is 19.3 Å². The molecular formula is C11H23NO. The van der Waals surface area contributed by atoms with Gasteiger partial charge in [-0.05, 0) is 32.2 Å². The second kappa shape index (κ2) is 4.97. The third-order valence-corrected chi connectivity index (χ3v) is 3.36. The third-order valence-electron chi connectivity index (χ3n) is 3.36. The zero-order valence-corrected chi connectivity index (χ0v) is 9.16. The Kier molecular flexibility index (Phi) is 4.20. The van der Waals surface area contributed by atoms with Gasteiger partial charge in [0.1, 0.15) is 6.23 Å². The van der Waals surface area contributed by atoms with E-state index in [2.05, 4.69) is 25.8 Å². The predicted octanol–water partition coefficient (Wildman–Crippen LogP) is 2.23. The molecule has 2 heteroatoms. The van der Waals surface area contributed by atoms with E-state index in [9.17, 15) is 5.11 Å². The molecule has 0 aromatic heterocycles. The Morgan fingerprint density at radius 1 is 1.46 bits per heavy atom. The van der Waals surface area contributed by atoms with Crippen molar-refractivity contribution in [1.82, 2.24) is 4.90 Å². The van der Waals surface area contributed by atoms with Gasteiger partial charge in [-0.25, -0.2) is 0 Å². The summed E-state index contributed by atoms with van der Waals surface area (Å²) in [6.45, 7) is 4.42. The molecule has 0 aromatic carbocycles. The summed E-state index contributed by atoms with van der Waals surface area (Å²) >= 11 is 0. The molecule has 1 saturated carbocycles. The summed E-state index contributed by atoms with van der Waals surface area (Å²) in [6.07, 6.45) is 5.66. The lowest BCUT2D eigenvalue weighted by molar-refractivity contribution is -0.0200. The van der Waals surface area contributed by atoms with Crippen LogP contribution in [0.25, 0.3) is 0 Å². The monoisotopic (exact) mass is 185 g/mol. The standard InChI is InChI=1S/C11H23NO/c1-4-6-11(13)12(3)10-8-5-7-9(10)2/h9-11,13H,4-8H2,1-3H3. The van der Waals surface area contributed by atoms with Crippen LogP contribution in [0.3, 0.4) is 0 Å². The van der Waals surface area contributed by atoms with Gasteiger partial charge >= 0.3 is 0 Å². The van der Waals surface area contributed by atoms with Crippen LogP contribution in [0.4, 0.5) is 0 Å². The van der Waals surface area contributed by atoms with Gasteiger partial charge in [-0.3, -0.25) is 4.90 Å². The van der Waals surface area contributed by atoms with E-state index in [1.807, 2.05) is 0 Å². The summed E-state index contributed by atoms with van der Waals surface area (Å²) in [5.74, 6) is 0.761. The smallest absolute Gasteiger partial charge is 0.107 e. The fourth-order valence-corrected chi connectivity index (χ4v) is 2.41. The lowest BCUT2D eigenvalue weighted by Crippen LogP contribution is -2.41. The van der Waals surface area contributed by atoms with Gasteiger partial charge < -0.3 is 5.11 Å². The second-order valence-electron chi connectivity index (χ2n) is 4.41. The maximum atomic E-state index is 9.82. The van der Waals surface area contributed by atoms with E-state index >= 15 is 0 Å². The molecular weight excluding hydrogens is 162 g/mol. The molecule has 1 N–H and O–H groups in total. The Morgan fingerprint density at radius 3 is 2.62 bits per heavy atom. The minimum Gasteiger partial charge on any atom is -0.378 e. The summed E-state index contributed by atoms with van der Waals surface area (Å²) in [6, 6.07) is 0.613. The van der Waals surface area contributed by atoms with Gasteiger partial charge in [-0.2, -0.15) is 0 Å². The lowest BCUT2D eigenvalue weighted by atomic mass is 10.0. The average Bonchev–Trinajstić information content (AvgIpc) is 2.50. The number of aliphatic hydroxyl groups is 1. The Morgan fingerprint density at radius 2 is 2.15 bits per heavy atom. The van der Waals surface area contributed by atoms with E-state index in [-0.39, 0.29) is 6.23 Å². The van der Waals surface area contributed by atoms with Gasteiger partial charge in [0.25, 0.3) is 0 Å². The van der Waals surface area contributed by atoms with Crippen LogP contribution in [0.15, 0.2) is 0 Å². The molecule has 1 fully saturated rings. The van der Waals surface area contributed by atoms with E-state index in [1.54, 1.807) is 0 Å². The molecule has 78 valence electrons. The quantitative estimate of drug-likeness (QED) is 0.679. The van der Waals surface area contributed by atoms with Crippen molar-refractivity contribution in [3.8, 4) is 0 Å². The summed E-state index contributed by atoms with van der Waals surface area (Å²) in [4.78, 5) is 2.17. The molecule has 0 aromatic rings. The van der Waals surface area contributed by atoms with E-state index in [0.29, 0.717) is 6.04 Å². The van der Waals surface area contributed by atoms with Gasteiger partial charge in [0.15, 0.2) is 0 Å². The van der Waals surface area contributed by atoms with Crippen molar-refractivity contribution >= 4 is 0 Å². The molecule has 0 radical (unpaired) electrons. The SMILES string of the molecule is CCCC(O)N(C)C1CCCC1C. The molecule has 2 nitrogen and oxygen atoms in total. The predicted molar refractivity (Wildman–Crippen MR) is 55.5 cm³/mol. The molecule has 0 bridgehead atoms. The van der Waals surface area contributed by atoms with Crippen molar-refractivity contribution in [2.45, 2.75) is 58.2 Å². The molecule has 0 heterocycles. The van der Waals surface area contributed by atoms with Crippen molar-refractivity contribution in [3.63, 3.8) is 0 Å². The van der Waals surface area contributed by atoms with Gasteiger partial charge in [0, 0.05) is 6.04 Å². The molecule has 1 aliphatic carbocycles. The van der Waals surface area contributed by atoms with E-state index in [0.717, 1.165) is 18.8 Å². The molecule has 3 atom stereocenters. The van der Waals surface area contributed by atoms with Crippen molar-refractivity contribution in [2.24, 2.45) is 5.92 Å². The molecule has 0 saturated heterocycles. The average molecular weight is 185 g/mol. The largest absolute Gasteiger partial charge is 0.378 e. The minimum atomic E-state index is -0.226. The third kappa shape index (κ3) is 2.68. The Balaban J connectivity index is 2.40. The van der Waals surface area contributed by atoms with Gasteiger partial charge in [0.05, 0.1) is 0 Å². The molecule has 1 rings (SSSR count). The highest BCUT2D eigenvalue weighted by atomic mass is 16.3. The molecule has 1 aliphatic rings. The Bertz CT molecular complexity index is 149. The topological polar surface area (TPSA) is 23.5 Å². The van der Waals surface area contributed by atoms with Crippen molar-refractivity contribution in [3.05, 3.63) is 0 Å². The first-order valence-electron chi connectivity index (χ1n) is 5.56. The van der Waals surface area contributed by atoms with E-state index < -0.39 is 0 Å². The minimum absolute atomic E-state index is 0.226. The highest BCUT2D eigenvalue weighted by molar-refractivity contribution is 4.82. The first kappa shape index (κ1) is 11.0. The summed E-state index contributed by atoms with van der Waals surface area (Å²) in [5, 5.41) is 9.82. The first-order valence-corrected chi connectivity index (χ1v) is 5.56. The normalized spacial score (nSPS) is 31.2. The fraction of sp³-hybridized carbons (Fsp3) is 1.00. The Labute approximate surface area is 81.9 Å². The van der Waals surface area contributed by atoms with Crippen LogP contribution < -0.4 is 0 Å². The maximum absolute atomic E-state index is 9.82. The van der Waals surface area contributed by atoms with Crippen LogP contribution in [-0.4, -0.2) is 29.3 Å². The van der Waals surface area contributed by atoms with Crippen LogP contribution in [-0.2, 0) is 0 Å². The Hall–Kier alpha value is -0.0800. The summed E-state index contributed by atoms with van der Waals surface area (Å²) < 4.78 is 0. The van der Waals surface area contributed by atoms with Gasteiger partial charge in [-0.15, -0.1) is 0 Å². The molecule has 3 unspecified atom stereocenters. The summed E-state index contributed by atoms with van der Waals surface area (Å²) in [7, 11) is 2.06. The van der Waals surface area contributed by atoms with Gasteiger partial charge in [0.2, 0.25) is 0 Å². The van der Waals surface area contributed by atoms with Crippen LogP contribution in [0.5, 0.6) is 0 Å². The van der Waals surface area contributed by atoms with Crippen LogP contribution >= 0.6 is 0 Å². The van der Waals surface area contributed by atoms with Crippen LogP contribution in [0.2, 0.25) is 0 Å². The van der Waals surface area contributed by atoms with Crippen molar-refractivity contribution in [2.75, 3.05) is 7.05 Å². The number of nitrogens with zero attached hydrogens (tertiary/aromatic N) is 1. The number of hydrogen-bond donors (Lipinski definition) is 1.